The van der Waals surface area contributed by atoms with E-state index in [-0.39, 0.29) is 23.9 Å². The number of likely N-dealkylation sites (tertiary alicyclic amines) is 1. The van der Waals surface area contributed by atoms with E-state index in [2.05, 4.69) is 43.0 Å². The Morgan fingerprint density at radius 1 is 1.05 bits per heavy atom. The first-order valence-electron chi connectivity index (χ1n) is 15.3. The number of hydrogen-bond donors (Lipinski definition) is 3. The van der Waals surface area contributed by atoms with Crippen molar-refractivity contribution in [2.45, 2.75) is 90.4 Å². The highest BCUT2D eigenvalue weighted by molar-refractivity contribution is 5.94. The maximum atomic E-state index is 13.5. The number of aromatic amines is 1. The lowest BCUT2D eigenvalue weighted by atomic mass is 9.83. The second-order valence-corrected chi connectivity index (χ2v) is 13.0. The molecule has 3 N–H and O–H groups in total. The lowest BCUT2D eigenvalue weighted by Crippen LogP contribution is -2.41. The van der Waals surface area contributed by atoms with Crippen LogP contribution in [-0.2, 0) is 11.3 Å². The average Bonchev–Trinajstić information content (AvgIpc) is 3.30. The molecule has 0 bridgehead atoms. The SMILES string of the molecule is CC(C)C(=O)N[C@H]1CC[C@@H](n2/c(=N/C(=O)c3ccc(F)cc3)[nH]c3ccc(CN4CCC(C(C)(C)O)CC4)cc32)CC1. The molecule has 2 amide bonds. The van der Waals surface area contributed by atoms with Crippen molar-refractivity contribution < 1.29 is 19.1 Å². The van der Waals surface area contributed by atoms with Crippen molar-refractivity contribution in [2.75, 3.05) is 13.1 Å². The number of piperidine rings is 1. The molecule has 2 aliphatic rings. The van der Waals surface area contributed by atoms with Crippen molar-refractivity contribution >= 4 is 22.8 Å². The number of aliphatic hydroxyl groups is 1. The maximum absolute atomic E-state index is 13.5. The van der Waals surface area contributed by atoms with Gasteiger partial charge in [-0.25, -0.2) is 4.39 Å². The van der Waals surface area contributed by atoms with E-state index in [1.807, 2.05) is 27.7 Å². The Morgan fingerprint density at radius 3 is 2.33 bits per heavy atom. The van der Waals surface area contributed by atoms with E-state index < -0.39 is 17.3 Å². The van der Waals surface area contributed by atoms with Crippen molar-refractivity contribution in [3.63, 3.8) is 0 Å². The lowest BCUT2D eigenvalue weighted by molar-refractivity contribution is -0.125. The molecule has 1 aliphatic heterocycles. The molecule has 2 fully saturated rings. The average molecular weight is 578 g/mol. The number of rotatable bonds is 7. The molecule has 5 rings (SSSR count). The molecule has 0 spiro atoms. The molecule has 1 aromatic heterocycles. The summed E-state index contributed by atoms with van der Waals surface area (Å²) in [4.78, 5) is 35.7. The number of halogens is 1. The van der Waals surface area contributed by atoms with Crippen LogP contribution in [0.2, 0.25) is 0 Å². The quantitative estimate of drug-likeness (QED) is 0.364. The number of aromatic nitrogens is 2. The number of nitrogens with one attached hydrogen (secondary N) is 2. The number of H-pyrrole nitrogens is 1. The van der Waals surface area contributed by atoms with Crippen LogP contribution >= 0.6 is 0 Å². The molecule has 1 saturated carbocycles. The van der Waals surface area contributed by atoms with E-state index in [9.17, 15) is 19.1 Å². The molecule has 226 valence electrons. The second kappa shape index (κ2) is 12.5. The van der Waals surface area contributed by atoms with Gasteiger partial charge in [0.05, 0.1) is 16.6 Å². The van der Waals surface area contributed by atoms with Gasteiger partial charge in [0.15, 0.2) is 0 Å². The van der Waals surface area contributed by atoms with Crippen molar-refractivity contribution in [3.8, 4) is 0 Å². The third kappa shape index (κ3) is 7.01. The fourth-order valence-electron chi connectivity index (χ4n) is 6.38. The molecule has 0 radical (unpaired) electrons. The van der Waals surface area contributed by atoms with Crippen LogP contribution in [0.1, 0.15) is 88.2 Å². The van der Waals surface area contributed by atoms with Gasteiger partial charge in [0.1, 0.15) is 5.82 Å². The molecule has 0 unspecified atom stereocenters. The van der Waals surface area contributed by atoms with Gasteiger partial charge >= 0.3 is 0 Å². The standard InChI is InChI=1S/C33H44FN5O3/c1-21(2)30(40)35-26-10-12-27(13-11-26)39-29-19-22(20-38-17-15-24(16-18-38)33(3,4)42)5-14-28(29)36-32(39)37-31(41)23-6-8-25(34)9-7-23/h5-9,14,19,21,24,26-27,42H,10-13,15-18,20H2,1-4H3,(H,35,40)(H,36,37,41)/t26-,27+. The van der Waals surface area contributed by atoms with Crippen molar-refractivity contribution in [3.05, 3.63) is 65.0 Å². The van der Waals surface area contributed by atoms with Crippen LogP contribution in [0.4, 0.5) is 4.39 Å². The van der Waals surface area contributed by atoms with Gasteiger partial charge in [-0.1, -0.05) is 19.9 Å². The molecule has 42 heavy (non-hydrogen) atoms. The lowest BCUT2D eigenvalue weighted by Gasteiger charge is -2.37. The van der Waals surface area contributed by atoms with Crippen LogP contribution < -0.4 is 10.9 Å². The summed E-state index contributed by atoms with van der Waals surface area (Å²) in [5, 5.41) is 13.6. The summed E-state index contributed by atoms with van der Waals surface area (Å²) in [6.45, 7) is 10.3. The van der Waals surface area contributed by atoms with Gasteiger partial charge in [-0.3, -0.25) is 14.5 Å². The predicted molar refractivity (Wildman–Crippen MR) is 161 cm³/mol. The van der Waals surface area contributed by atoms with E-state index in [1.54, 1.807) is 0 Å². The topological polar surface area (TPSA) is 103 Å². The number of amides is 2. The van der Waals surface area contributed by atoms with Gasteiger partial charge in [-0.05, 0) is 113 Å². The third-order valence-corrected chi connectivity index (χ3v) is 9.02. The summed E-state index contributed by atoms with van der Waals surface area (Å²) in [5.41, 5.74) is 3.25. The Morgan fingerprint density at radius 2 is 1.71 bits per heavy atom. The fraction of sp³-hybridized carbons (Fsp3) is 0.545. The molecular formula is C33H44FN5O3. The molecule has 1 aliphatic carbocycles. The Kier molecular flexibility index (Phi) is 8.99. The molecule has 2 heterocycles. The Bertz CT molecular complexity index is 1470. The zero-order valence-electron chi connectivity index (χ0n) is 25.2. The van der Waals surface area contributed by atoms with Gasteiger partial charge in [0.25, 0.3) is 5.91 Å². The van der Waals surface area contributed by atoms with Gasteiger partial charge in [-0.2, -0.15) is 4.99 Å². The minimum absolute atomic E-state index is 0.0482. The molecule has 2 aromatic carbocycles. The number of carbonyl (C=O) groups excluding carboxylic acids is 2. The summed E-state index contributed by atoms with van der Waals surface area (Å²) in [5.74, 6) is -0.484. The van der Waals surface area contributed by atoms with E-state index in [0.29, 0.717) is 17.1 Å². The molecule has 8 nitrogen and oxygen atoms in total. The Labute approximate surface area is 247 Å². The fourth-order valence-corrected chi connectivity index (χ4v) is 6.38. The minimum Gasteiger partial charge on any atom is -0.390 e. The number of carbonyl (C=O) groups is 2. The van der Waals surface area contributed by atoms with Gasteiger partial charge in [0, 0.05) is 30.1 Å². The first-order valence-corrected chi connectivity index (χ1v) is 15.3. The highest BCUT2D eigenvalue weighted by atomic mass is 19.1. The first kappa shape index (κ1) is 30.2. The Balaban J connectivity index is 1.42. The zero-order chi connectivity index (χ0) is 30.0. The molecule has 1 saturated heterocycles. The predicted octanol–water partition coefficient (Wildman–Crippen LogP) is 5.09. The maximum Gasteiger partial charge on any atom is 0.280 e. The van der Waals surface area contributed by atoms with Gasteiger partial charge < -0.3 is 20.0 Å². The largest absolute Gasteiger partial charge is 0.390 e. The second-order valence-electron chi connectivity index (χ2n) is 13.0. The number of fused-ring (bicyclic) bond motifs is 1. The molecule has 3 aromatic rings. The molecular weight excluding hydrogens is 533 g/mol. The van der Waals surface area contributed by atoms with Crippen molar-refractivity contribution in [2.24, 2.45) is 16.8 Å². The van der Waals surface area contributed by atoms with E-state index in [1.165, 1.54) is 29.8 Å². The summed E-state index contributed by atoms with van der Waals surface area (Å²) in [6.07, 6.45) is 5.35. The van der Waals surface area contributed by atoms with Crippen molar-refractivity contribution in [1.82, 2.24) is 19.8 Å². The number of nitrogens with zero attached hydrogens (tertiary/aromatic N) is 3. The van der Waals surface area contributed by atoms with Crippen LogP contribution in [0.15, 0.2) is 47.5 Å². The first-order chi connectivity index (χ1) is 20.0. The van der Waals surface area contributed by atoms with Gasteiger partial charge in [-0.15, -0.1) is 0 Å². The smallest absolute Gasteiger partial charge is 0.280 e. The summed E-state index contributed by atoms with van der Waals surface area (Å²) in [7, 11) is 0. The van der Waals surface area contributed by atoms with Crippen LogP contribution in [0.3, 0.4) is 0 Å². The molecule has 0 atom stereocenters. The number of hydrogen-bond acceptors (Lipinski definition) is 4. The summed E-state index contributed by atoms with van der Waals surface area (Å²) in [6, 6.07) is 12.1. The van der Waals surface area contributed by atoms with Crippen LogP contribution in [0, 0.1) is 17.7 Å². The van der Waals surface area contributed by atoms with Crippen LogP contribution in [0.5, 0.6) is 0 Å². The monoisotopic (exact) mass is 577 g/mol. The minimum atomic E-state index is -0.649. The molecule has 9 heteroatoms. The summed E-state index contributed by atoms with van der Waals surface area (Å²) >= 11 is 0. The number of imidazole rings is 1. The van der Waals surface area contributed by atoms with E-state index in [4.69, 9.17) is 0 Å². The normalized spacial score (nSPS) is 21.3. The van der Waals surface area contributed by atoms with E-state index in [0.717, 1.165) is 69.2 Å². The number of benzene rings is 2. The zero-order valence-corrected chi connectivity index (χ0v) is 25.2. The summed E-state index contributed by atoms with van der Waals surface area (Å²) < 4.78 is 15.6. The van der Waals surface area contributed by atoms with Gasteiger partial charge in [0.2, 0.25) is 11.5 Å². The highest BCUT2D eigenvalue weighted by Gasteiger charge is 2.31. The van der Waals surface area contributed by atoms with E-state index >= 15 is 0 Å². The Hall–Kier alpha value is -3.30. The third-order valence-electron chi connectivity index (χ3n) is 9.02. The highest BCUT2D eigenvalue weighted by Crippen LogP contribution is 2.32. The van der Waals surface area contributed by atoms with Crippen LogP contribution in [-0.4, -0.2) is 56.1 Å². The van der Waals surface area contributed by atoms with Crippen molar-refractivity contribution in [1.29, 1.82) is 0 Å². The van der Waals surface area contributed by atoms with Crippen LogP contribution in [0.25, 0.3) is 11.0 Å².